The van der Waals surface area contributed by atoms with Crippen molar-refractivity contribution in [1.29, 1.82) is 0 Å². The normalized spacial score (nSPS) is 10.3. The number of hydrogen-bond acceptors (Lipinski definition) is 3. The number of carbonyl (C=O) groups is 1. The summed E-state index contributed by atoms with van der Waals surface area (Å²) >= 11 is 1.65. The first-order valence-electron chi connectivity index (χ1n) is 5.10. The molecule has 2 nitrogen and oxygen atoms in total. The average Bonchev–Trinajstić information content (AvgIpc) is 2.77. The molecule has 2 rings (SSSR count). The Morgan fingerprint density at radius 1 is 1.38 bits per heavy atom. The van der Waals surface area contributed by atoms with Gasteiger partial charge in [0.05, 0.1) is 5.56 Å². The van der Waals surface area contributed by atoms with Crippen LogP contribution in [0.15, 0.2) is 29.6 Å². The molecule has 2 aromatic rings. The number of aldehydes is 1. The number of carbonyl (C=O) groups excluding carboxylic acids is 1. The highest BCUT2D eigenvalue weighted by Crippen LogP contribution is 2.30. The molecular formula is C13H12O2S. The molecule has 0 spiro atoms. The second kappa shape index (κ2) is 4.49. The van der Waals surface area contributed by atoms with Crippen molar-refractivity contribution in [3.8, 4) is 16.2 Å². The second-order valence-electron chi connectivity index (χ2n) is 3.56. The quantitative estimate of drug-likeness (QED) is 0.822. The van der Waals surface area contributed by atoms with Crippen LogP contribution in [0.25, 0.3) is 10.4 Å². The number of aromatic hydroxyl groups is 1. The molecule has 0 bridgehead atoms. The van der Waals surface area contributed by atoms with E-state index in [-0.39, 0.29) is 5.75 Å². The number of benzene rings is 1. The number of rotatable bonds is 3. The van der Waals surface area contributed by atoms with E-state index >= 15 is 0 Å². The first kappa shape index (κ1) is 10.9. The molecule has 0 unspecified atom stereocenters. The van der Waals surface area contributed by atoms with Crippen molar-refractivity contribution in [2.45, 2.75) is 13.3 Å². The third kappa shape index (κ3) is 1.99. The summed E-state index contributed by atoms with van der Waals surface area (Å²) in [4.78, 5) is 11.7. The van der Waals surface area contributed by atoms with Crippen molar-refractivity contribution in [2.75, 3.05) is 0 Å². The van der Waals surface area contributed by atoms with Gasteiger partial charge in [0.2, 0.25) is 0 Å². The standard InChI is InChI=1S/C13H12O2S/c1-2-9-5-13(16-8-9)10-3-4-11(7-14)12(15)6-10/h3-8,15H,2H2,1H3. The van der Waals surface area contributed by atoms with Crippen LogP contribution in [0, 0.1) is 0 Å². The van der Waals surface area contributed by atoms with Crippen molar-refractivity contribution in [3.63, 3.8) is 0 Å². The summed E-state index contributed by atoms with van der Waals surface area (Å²) in [5, 5.41) is 11.7. The molecule has 1 heterocycles. The van der Waals surface area contributed by atoms with Crippen molar-refractivity contribution in [2.24, 2.45) is 0 Å². The van der Waals surface area contributed by atoms with Crippen LogP contribution in [-0.2, 0) is 6.42 Å². The van der Waals surface area contributed by atoms with Crippen LogP contribution in [0.2, 0.25) is 0 Å². The topological polar surface area (TPSA) is 37.3 Å². The maximum atomic E-state index is 10.6. The third-order valence-corrected chi connectivity index (χ3v) is 3.53. The van der Waals surface area contributed by atoms with E-state index in [0.717, 1.165) is 16.9 Å². The molecule has 0 aliphatic carbocycles. The fraction of sp³-hybridized carbons (Fsp3) is 0.154. The lowest BCUT2D eigenvalue weighted by Crippen LogP contribution is -1.81. The Hall–Kier alpha value is -1.61. The summed E-state index contributed by atoms with van der Waals surface area (Å²) < 4.78 is 0. The second-order valence-corrected chi connectivity index (χ2v) is 4.48. The number of hydrogen-bond donors (Lipinski definition) is 1. The SMILES string of the molecule is CCc1csc(-c2ccc(C=O)c(O)c2)c1. The van der Waals surface area contributed by atoms with Gasteiger partial charge in [-0.05, 0) is 41.1 Å². The van der Waals surface area contributed by atoms with Gasteiger partial charge in [0, 0.05) is 4.88 Å². The molecule has 82 valence electrons. The number of phenolic OH excluding ortho intramolecular Hbond substituents is 1. The molecule has 1 aromatic carbocycles. The van der Waals surface area contributed by atoms with Gasteiger partial charge in [0.25, 0.3) is 0 Å². The van der Waals surface area contributed by atoms with Crippen LogP contribution >= 0.6 is 11.3 Å². The Morgan fingerprint density at radius 3 is 2.75 bits per heavy atom. The first-order chi connectivity index (χ1) is 7.74. The summed E-state index contributed by atoms with van der Waals surface area (Å²) in [5.41, 5.74) is 2.57. The highest BCUT2D eigenvalue weighted by molar-refractivity contribution is 7.13. The van der Waals surface area contributed by atoms with Gasteiger partial charge in [-0.25, -0.2) is 0 Å². The van der Waals surface area contributed by atoms with E-state index in [0.29, 0.717) is 11.8 Å². The highest BCUT2D eigenvalue weighted by Gasteiger charge is 2.05. The van der Waals surface area contributed by atoms with Crippen molar-refractivity contribution < 1.29 is 9.90 Å². The lowest BCUT2D eigenvalue weighted by molar-refractivity contribution is 0.112. The predicted octanol–water partition coefficient (Wildman–Crippen LogP) is 3.50. The van der Waals surface area contributed by atoms with Gasteiger partial charge >= 0.3 is 0 Å². The molecule has 3 heteroatoms. The Balaban J connectivity index is 2.40. The number of thiophene rings is 1. The van der Waals surface area contributed by atoms with Gasteiger partial charge in [0.1, 0.15) is 5.75 Å². The molecule has 1 N–H and O–H groups in total. The lowest BCUT2D eigenvalue weighted by Gasteiger charge is -2.00. The molecule has 0 atom stereocenters. The minimum atomic E-state index is 0.0407. The summed E-state index contributed by atoms with van der Waals surface area (Å²) in [6.45, 7) is 2.11. The number of phenols is 1. The van der Waals surface area contributed by atoms with Gasteiger partial charge in [-0.3, -0.25) is 4.79 Å². The van der Waals surface area contributed by atoms with E-state index in [1.807, 2.05) is 6.07 Å². The van der Waals surface area contributed by atoms with Crippen LogP contribution in [-0.4, -0.2) is 11.4 Å². The summed E-state index contributed by atoms with van der Waals surface area (Å²) in [5.74, 6) is 0.0407. The Bertz CT molecular complexity index is 514. The summed E-state index contributed by atoms with van der Waals surface area (Å²) in [6, 6.07) is 7.24. The van der Waals surface area contributed by atoms with Gasteiger partial charge < -0.3 is 5.11 Å². The van der Waals surface area contributed by atoms with Gasteiger partial charge in [-0.1, -0.05) is 13.0 Å². The van der Waals surface area contributed by atoms with E-state index in [9.17, 15) is 9.90 Å². The van der Waals surface area contributed by atoms with Gasteiger partial charge in [0.15, 0.2) is 6.29 Å². The molecule has 1 aromatic heterocycles. The van der Waals surface area contributed by atoms with Crippen molar-refractivity contribution >= 4 is 17.6 Å². The molecule has 0 fully saturated rings. The Kier molecular flexibility index (Phi) is 3.06. The minimum absolute atomic E-state index is 0.0407. The third-order valence-electron chi connectivity index (χ3n) is 2.50. The predicted molar refractivity (Wildman–Crippen MR) is 66.2 cm³/mol. The fourth-order valence-electron chi connectivity index (χ4n) is 1.51. The lowest BCUT2D eigenvalue weighted by atomic mass is 10.1. The molecule has 0 amide bonds. The zero-order valence-electron chi connectivity index (χ0n) is 8.93. The molecular weight excluding hydrogens is 220 g/mol. The molecule has 0 aliphatic rings. The van der Waals surface area contributed by atoms with Crippen LogP contribution < -0.4 is 0 Å². The van der Waals surface area contributed by atoms with Crippen LogP contribution in [0.4, 0.5) is 0 Å². The molecule has 16 heavy (non-hydrogen) atoms. The highest BCUT2D eigenvalue weighted by atomic mass is 32.1. The maximum Gasteiger partial charge on any atom is 0.153 e. The Labute approximate surface area is 98.2 Å². The summed E-state index contributed by atoms with van der Waals surface area (Å²) in [7, 11) is 0. The van der Waals surface area contributed by atoms with E-state index < -0.39 is 0 Å². The van der Waals surface area contributed by atoms with E-state index in [1.165, 1.54) is 5.56 Å². The van der Waals surface area contributed by atoms with E-state index in [4.69, 9.17) is 0 Å². The van der Waals surface area contributed by atoms with Gasteiger partial charge in [-0.2, -0.15) is 0 Å². The zero-order chi connectivity index (χ0) is 11.5. The van der Waals surface area contributed by atoms with Crippen molar-refractivity contribution in [3.05, 3.63) is 40.8 Å². The number of aryl methyl sites for hydroxylation is 1. The first-order valence-corrected chi connectivity index (χ1v) is 5.98. The van der Waals surface area contributed by atoms with Crippen molar-refractivity contribution in [1.82, 2.24) is 0 Å². The van der Waals surface area contributed by atoms with Crippen LogP contribution in [0.5, 0.6) is 5.75 Å². The zero-order valence-corrected chi connectivity index (χ0v) is 9.75. The fourth-order valence-corrected chi connectivity index (χ4v) is 2.50. The molecule has 0 radical (unpaired) electrons. The van der Waals surface area contributed by atoms with E-state index in [2.05, 4.69) is 18.4 Å². The van der Waals surface area contributed by atoms with Crippen LogP contribution in [0.1, 0.15) is 22.8 Å². The average molecular weight is 232 g/mol. The molecule has 0 saturated carbocycles. The Morgan fingerprint density at radius 2 is 2.19 bits per heavy atom. The molecule has 0 saturated heterocycles. The molecule has 0 aliphatic heterocycles. The maximum absolute atomic E-state index is 10.6. The van der Waals surface area contributed by atoms with E-state index in [1.54, 1.807) is 23.5 Å². The smallest absolute Gasteiger partial charge is 0.153 e. The largest absolute Gasteiger partial charge is 0.507 e. The van der Waals surface area contributed by atoms with Crippen LogP contribution in [0.3, 0.4) is 0 Å². The summed E-state index contributed by atoms with van der Waals surface area (Å²) in [6.07, 6.45) is 1.67. The minimum Gasteiger partial charge on any atom is -0.507 e. The van der Waals surface area contributed by atoms with Gasteiger partial charge in [-0.15, -0.1) is 11.3 Å². The monoisotopic (exact) mass is 232 g/mol.